The number of aryl methyl sites for hydroxylation is 1. The Morgan fingerprint density at radius 2 is 1.52 bits per heavy atom. The highest BCUT2D eigenvalue weighted by atomic mass is 16.5. The van der Waals surface area contributed by atoms with Crippen LogP contribution in [0.2, 0.25) is 0 Å². The number of carbonyl (C=O) groups excluding carboxylic acids is 2. The molecule has 0 saturated heterocycles. The van der Waals surface area contributed by atoms with Crippen molar-refractivity contribution < 1.29 is 14.1 Å². The Morgan fingerprint density at radius 1 is 0.920 bits per heavy atom. The summed E-state index contributed by atoms with van der Waals surface area (Å²) in [6.07, 6.45) is 0. The molecule has 25 heavy (non-hydrogen) atoms. The highest BCUT2D eigenvalue weighted by molar-refractivity contribution is 6.08. The van der Waals surface area contributed by atoms with Gasteiger partial charge in [0.1, 0.15) is 17.0 Å². The van der Waals surface area contributed by atoms with E-state index in [1.54, 1.807) is 31.2 Å². The molecular formula is C19H17N3O3. The number of nitrogens with one attached hydrogen (secondary N) is 2. The predicted molar refractivity (Wildman–Crippen MR) is 95.4 cm³/mol. The van der Waals surface area contributed by atoms with Gasteiger partial charge in [0.2, 0.25) is 5.91 Å². The van der Waals surface area contributed by atoms with Crippen molar-refractivity contribution in [2.24, 2.45) is 0 Å². The summed E-state index contributed by atoms with van der Waals surface area (Å²) in [4.78, 5) is 23.7. The lowest BCUT2D eigenvalue weighted by molar-refractivity contribution is -0.114. The van der Waals surface area contributed by atoms with Crippen molar-refractivity contribution in [1.82, 2.24) is 5.16 Å². The van der Waals surface area contributed by atoms with Gasteiger partial charge in [0, 0.05) is 23.9 Å². The summed E-state index contributed by atoms with van der Waals surface area (Å²) in [5.74, 6) is 0.000449. The van der Waals surface area contributed by atoms with Crippen molar-refractivity contribution >= 4 is 23.2 Å². The van der Waals surface area contributed by atoms with Crippen LogP contribution in [0, 0.1) is 6.92 Å². The van der Waals surface area contributed by atoms with Gasteiger partial charge in [-0.15, -0.1) is 0 Å². The van der Waals surface area contributed by atoms with Gasteiger partial charge >= 0.3 is 0 Å². The van der Waals surface area contributed by atoms with Crippen LogP contribution in [0.1, 0.15) is 23.0 Å². The van der Waals surface area contributed by atoms with Crippen LogP contribution in [0.5, 0.6) is 0 Å². The Labute approximate surface area is 144 Å². The normalized spacial score (nSPS) is 10.3. The number of hydrogen-bond acceptors (Lipinski definition) is 4. The number of nitrogens with zero attached hydrogens (tertiary/aromatic N) is 1. The number of carbonyl (C=O) groups is 2. The summed E-state index contributed by atoms with van der Waals surface area (Å²) in [6.45, 7) is 3.14. The minimum Gasteiger partial charge on any atom is -0.360 e. The molecular weight excluding hydrogens is 318 g/mol. The molecule has 0 fully saturated rings. The molecule has 0 aliphatic rings. The van der Waals surface area contributed by atoms with Crippen molar-refractivity contribution in [1.29, 1.82) is 0 Å². The molecule has 1 heterocycles. The molecule has 0 bridgehead atoms. The molecule has 0 radical (unpaired) electrons. The molecule has 3 rings (SSSR count). The van der Waals surface area contributed by atoms with E-state index in [1.165, 1.54) is 6.92 Å². The minimum atomic E-state index is -0.301. The molecule has 0 unspecified atom stereocenters. The van der Waals surface area contributed by atoms with Gasteiger partial charge in [-0.2, -0.15) is 0 Å². The van der Waals surface area contributed by atoms with E-state index in [0.29, 0.717) is 28.4 Å². The van der Waals surface area contributed by atoms with Crippen molar-refractivity contribution in [3.8, 4) is 11.3 Å². The average molecular weight is 335 g/mol. The van der Waals surface area contributed by atoms with Gasteiger partial charge in [0.25, 0.3) is 5.91 Å². The maximum Gasteiger partial charge on any atom is 0.261 e. The van der Waals surface area contributed by atoms with Crippen LogP contribution in [0.25, 0.3) is 11.3 Å². The quantitative estimate of drug-likeness (QED) is 0.758. The van der Waals surface area contributed by atoms with E-state index in [2.05, 4.69) is 15.8 Å². The number of hydrogen-bond donors (Lipinski definition) is 2. The van der Waals surface area contributed by atoms with Gasteiger partial charge in [-0.25, -0.2) is 0 Å². The highest BCUT2D eigenvalue weighted by Gasteiger charge is 2.21. The van der Waals surface area contributed by atoms with Crippen molar-refractivity contribution in [2.75, 3.05) is 10.6 Å². The van der Waals surface area contributed by atoms with Crippen molar-refractivity contribution in [3.63, 3.8) is 0 Å². The molecule has 0 aliphatic heterocycles. The van der Waals surface area contributed by atoms with Crippen LogP contribution >= 0.6 is 0 Å². The second-order valence-electron chi connectivity index (χ2n) is 5.54. The van der Waals surface area contributed by atoms with E-state index >= 15 is 0 Å². The zero-order valence-electron chi connectivity index (χ0n) is 13.9. The molecule has 1 aromatic heterocycles. The third-order valence-corrected chi connectivity index (χ3v) is 3.60. The molecule has 0 saturated carbocycles. The summed E-state index contributed by atoms with van der Waals surface area (Å²) in [6, 6.07) is 16.3. The Hall–Kier alpha value is -3.41. The second-order valence-corrected chi connectivity index (χ2v) is 5.54. The lowest BCUT2D eigenvalue weighted by Crippen LogP contribution is -2.13. The Balaban J connectivity index is 1.82. The van der Waals surface area contributed by atoms with Crippen LogP contribution < -0.4 is 10.6 Å². The Kier molecular flexibility index (Phi) is 4.61. The van der Waals surface area contributed by atoms with Gasteiger partial charge in [-0.05, 0) is 31.2 Å². The zero-order chi connectivity index (χ0) is 17.8. The molecule has 126 valence electrons. The fraction of sp³-hybridized carbons (Fsp3) is 0.105. The first-order chi connectivity index (χ1) is 12.0. The number of benzene rings is 2. The van der Waals surface area contributed by atoms with Crippen LogP contribution in [0.4, 0.5) is 11.4 Å². The molecule has 0 aliphatic carbocycles. The van der Waals surface area contributed by atoms with Gasteiger partial charge in [-0.1, -0.05) is 35.5 Å². The summed E-state index contributed by atoms with van der Waals surface area (Å²) < 4.78 is 5.21. The third-order valence-electron chi connectivity index (χ3n) is 3.60. The zero-order valence-corrected chi connectivity index (χ0v) is 13.9. The van der Waals surface area contributed by atoms with E-state index in [1.807, 2.05) is 30.3 Å². The molecule has 2 N–H and O–H groups in total. The van der Waals surface area contributed by atoms with Gasteiger partial charge in [-0.3, -0.25) is 9.59 Å². The van der Waals surface area contributed by atoms with Crippen LogP contribution in [-0.4, -0.2) is 17.0 Å². The smallest absolute Gasteiger partial charge is 0.261 e. The number of anilines is 2. The van der Waals surface area contributed by atoms with Crippen molar-refractivity contribution in [3.05, 3.63) is 65.9 Å². The average Bonchev–Trinajstić information content (AvgIpc) is 2.99. The molecule has 0 spiro atoms. The lowest BCUT2D eigenvalue weighted by Gasteiger charge is -2.07. The minimum absolute atomic E-state index is 0.149. The van der Waals surface area contributed by atoms with Crippen LogP contribution in [-0.2, 0) is 4.79 Å². The largest absolute Gasteiger partial charge is 0.360 e. The van der Waals surface area contributed by atoms with Crippen LogP contribution in [0.3, 0.4) is 0 Å². The van der Waals surface area contributed by atoms with Crippen molar-refractivity contribution in [2.45, 2.75) is 13.8 Å². The SMILES string of the molecule is CC(=O)Nc1ccc(NC(=O)c2c(-c3ccccc3)noc2C)cc1. The number of amides is 2. The van der Waals surface area contributed by atoms with E-state index in [9.17, 15) is 9.59 Å². The van der Waals surface area contributed by atoms with Gasteiger partial charge in [0.15, 0.2) is 0 Å². The first kappa shape index (κ1) is 16.4. The summed E-state index contributed by atoms with van der Waals surface area (Å²) >= 11 is 0. The molecule has 2 aromatic carbocycles. The Morgan fingerprint density at radius 3 is 2.12 bits per heavy atom. The standard InChI is InChI=1S/C19H17N3O3/c1-12-17(18(22-25-12)14-6-4-3-5-7-14)19(24)21-16-10-8-15(9-11-16)20-13(2)23/h3-11H,1-2H3,(H,20,23)(H,21,24). The van der Waals surface area contributed by atoms with E-state index in [0.717, 1.165) is 5.56 Å². The van der Waals surface area contributed by atoms with Crippen LogP contribution in [0.15, 0.2) is 59.1 Å². The molecule has 6 nitrogen and oxygen atoms in total. The highest BCUT2D eigenvalue weighted by Crippen LogP contribution is 2.26. The van der Waals surface area contributed by atoms with Gasteiger partial charge < -0.3 is 15.2 Å². The maximum absolute atomic E-state index is 12.7. The fourth-order valence-corrected chi connectivity index (χ4v) is 2.47. The molecule has 3 aromatic rings. The van der Waals surface area contributed by atoms with E-state index in [-0.39, 0.29) is 11.8 Å². The summed E-state index contributed by atoms with van der Waals surface area (Å²) in [5.41, 5.74) is 2.99. The second kappa shape index (κ2) is 7.00. The van der Waals surface area contributed by atoms with E-state index in [4.69, 9.17) is 4.52 Å². The number of rotatable bonds is 4. The molecule has 6 heteroatoms. The molecule has 0 atom stereocenters. The summed E-state index contributed by atoms with van der Waals surface area (Å²) in [5, 5.41) is 9.51. The third kappa shape index (κ3) is 3.74. The first-order valence-electron chi connectivity index (χ1n) is 7.75. The Bertz CT molecular complexity index is 899. The van der Waals surface area contributed by atoms with Gasteiger partial charge in [0.05, 0.1) is 0 Å². The molecule has 2 amide bonds. The lowest BCUT2D eigenvalue weighted by atomic mass is 10.1. The topological polar surface area (TPSA) is 84.2 Å². The monoisotopic (exact) mass is 335 g/mol. The maximum atomic E-state index is 12.7. The predicted octanol–water partition coefficient (Wildman–Crippen LogP) is 3.86. The van der Waals surface area contributed by atoms with E-state index < -0.39 is 0 Å². The summed E-state index contributed by atoms with van der Waals surface area (Å²) in [7, 11) is 0. The fourth-order valence-electron chi connectivity index (χ4n) is 2.47. The first-order valence-corrected chi connectivity index (χ1v) is 7.75. The number of aromatic nitrogens is 1.